The van der Waals surface area contributed by atoms with E-state index in [0.29, 0.717) is 0 Å². The molecule has 0 aliphatic heterocycles. The van der Waals surface area contributed by atoms with Crippen LogP contribution in [-0.2, 0) is 9.59 Å². The first-order valence-corrected chi connectivity index (χ1v) is 3.17. The summed E-state index contributed by atoms with van der Waals surface area (Å²) in [7, 11) is 0. The molecule has 0 aliphatic carbocycles. The molecule has 7 heteroatoms. The molecule has 0 saturated heterocycles. The smallest absolute Gasteiger partial charge is 0.318 e. The molecule has 0 saturated carbocycles. The average Bonchev–Trinajstić information content (AvgIpc) is 1.89. The molecule has 68 valence electrons. The second-order valence-corrected chi connectivity index (χ2v) is 1.59. The minimum Gasteiger partial charge on any atom is -0.480 e. The summed E-state index contributed by atoms with van der Waals surface area (Å²) in [6, 6.07) is 0. The van der Waals surface area contributed by atoms with Crippen molar-refractivity contribution in [1.29, 1.82) is 0 Å². The largest absolute Gasteiger partial charge is 0.480 e. The van der Waals surface area contributed by atoms with Crippen molar-refractivity contribution in [3.05, 3.63) is 0 Å². The average molecular weight is 206 g/mol. The number of rotatable bonds is 2. The van der Waals surface area contributed by atoms with Crippen LogP contribution in [-0.4, -0.2) is 33.9 Å². The Morgan fingerprint density at radius 3 is 1.09 bits per heavy atom. The van der Waals surface area contributed by atoms with Gasteiger partial charge in [0.2, 0.25) is 0 Å². The number of aliphatic carboxylic acids is 2. The molecule has 0 fully saturated rings. The summed E-state index contributed by atoms with van der Waals surface area (Å²) in [5.74, 6) is -2.57. The molecule has 5 N–H and O–H groups in total. The summed E-state index contributed by atoms with van der Waals surface area (Å²) in [4.78, 5) is 18.5. The van der Waals surface area contributed by atoms with E-state index in [1.807, 2.05) is 0 Å². The first-order valence-electron chi connectivity index (χ1n) is 2.10. The first-order chi connectivity index (χ1) is 4.54. The van der Waals surface area contributed by atoms with Gasteiger partial charge in [-0.15, -0.1) is 23.2 Å². The predicted molar refractivity (Wildman–Crippen MR) is 41.7 cm³/mol. The van der Waals surface area contributed by atoms with Crippen LogP contribution in [0.3, 0.4) is 0 Å². The molecule has 5 nitrogen and oxygen atoms in total. The lowest BCUT2D eigenvalue weighted by atomic mass is 10.8. The maximum absolute atomic E-state index is 9.24. The summed E-state index contributed by atoms with van der Waals surface area (Å²) in [6.07, 6.45) is 0. The monoisotopic (exact) mass is 205 g/mol. The van der Waals surface area contributed by atoms with E-state index < -0.39 is 11.9 Å². The van der Waals surface area contributed by atoms with E-state index in [1.54, 1.807) is 0 Å². The third-order valence-electron chi connectivity index (χ3n) is 0.229. The number of alkyl halides is 2. The molecule has 0 unspecified atom stereocenters. The number of hydrogen-bond donors (Lipinski definition) is 3. The van der Waals surface area contributed by atoms with Crippen LogP contribution >= 0.6 is 23.2 Å². The van der Waals surface area contributed by atoms with Gasteiger partial charge in [0, 0.05) is 0 Å². The third kappa shape index (κ3) is 43.8. The van der Waals surface area contributed by atoms with Gasteiger partial charge in [-0.05, 0) is 0 Å². The molecule has 0 spiro atoms. The lowest BCUT2D eigenvalue weighted by molar-refractivity contribution is -0.135. The van der Waals surface area contributed by atoms with Gasteiger partial charge in [0.25, 0.3) is 0 Å². The Labute approximate surface area is 73.5 Å². The molecular weight excluding hydrogens is 197 g/mol. The number of halogens is 2. The lowest BCUT2D eigenvalue weighted by Gasteiger charge is -1.70. The quantitative estimate of drug-likeness (QED) is 0.578. The Kier molecular flexibility index (Phi) is 18.6. The molecular formula is C4H9Cl2NO4. The van der Waals surface area contributed by atoms with Gasteiger partial charge in [0.15, 0.2) is 0 Å². The van der Waals surface area contributed by atoms with Gasteiger partial charge in [0.05, 0.1) is 0 Å². The molecule has 0 aromatic rings. The molecule has 0 rings (SSSR count). The van der Waals surface area contributed by atoms with Crippen LogP contribution in [0.25, 0.3) is 0 Å². The van der Waals surface area contributed by atoms with Gasteiger partial charge in [-0.2, -0.15) is 0 Å². The Morgan fingerprint density at radius 1 is 1.00 bits per heavy atom. The van der Waals surface area contributed by atoms with Gasteiger partial charge in [-0.1, -0.05) is 0 Å². The summed E-state index contributed by atoms with van der Waals surface area (Å²) in [5.41, 5.74) is 0. The minimum atomic E-state index is -0.980. The number of carboxylic acids is 2. The van der Waals surface area contributed by atoms with E-state index in [2.05, 4.69) is 0 Å². The molecule has 0 aromatic carbocycles. The molecule has 0 aromatic heterocycles. The minimum absolute atomic E-state index is 0. The first kappa shape index (κ1) is 16.8. The fourth-order valence-electron chi connectivity index (χ4n) is 0. The predicted octanol–water partition coefficient (Wildman–Crippen LogP) is 0.782. The zero-order valence-corrected chi connectivity index (χ0v) is 7.10. The van der Waals surface area contributed by atoms with Crippen molar-refractivity contribution < 1.29 is 19.8 Å². The van der Waals surface area contributed by atoms with Gasteiger partial charge >= 0.3 is 11.9 Å². The van der Waals surface area contributed by atoms with E-state index in [9.17, 15) is 9.59 Å². The highest BCUT2D eigenvalue weighted by atomic mass is 35.5. The van der Waals surface area contributed by atoms with Crippen molar-refractivity contribution in [3.8, 4) is 0 Å². The highest BCUT2D eigenvalue weighted by Crippen LogP contribution is 1.68. The maximum atomic E-state index is 9.24. The Hall–Kier alpha value is -0.520. The van der Waals surface area contributed by atoms with Crippen molar-refractivity contribution in [2.45, 2.75) is 0 Å². The molecule has 0 atom stereocenters. The molecule has 0 amide bonds. The van der Waals surface area contributed by atoms with Crippen molar-refractivity contribution >= 4 is 35.1 Å². The van der Waals surface area contributed by atoms with Gasteiger partial charge in [0.1, 0.15) is 11.8 Å². The second kappa shape index (κ2) is 12.2. The van der Waals surface area contributed by atoms with E-state index >= 15 is 0 Å². The second-order valence-electron chi connectivity index (χ2n) is 1.05. The Bertz CT molecular complexity index is 105. The highest BCUT2D eigenvalue weighted by Gasteiger charge is 1.83. The van der Waals surface area contributed by atoms with Crippen molar-refractivity contribution in [2.24, 2.45) is 0 Å². The summed E-state index contributed by atoms with van der Waals surface area (Å²) >= 11 is 9.47. The number of carbonyl (C=O) groups is 2. The van der Waals surface area contributed by atoms with E-state index in [4.69, 9.17) is 33.4 Å². The standard InChI is InChI=1S/2C2H3ClO2.H3N/c2*3-1-2(4)5;/h2*1H2,(H,4,5);1H3. The normalized spacial score (nSPS) is 6.73. The molecule has 0 radical (unpaired) electrons. The Morgan fingerprint density at radius 2 is 1.09 bits per heavy atom. The molecule has 0 aliphatic rings. The van der Waals surface area contributed by atoms with Crippen molar-refractivity contribution in [2.75, 3.05) is 11.8 Å². The zero-order valence-electron chi connectivity index (χ0n) is 5.59. The van der Waals surface area contributed by atoms with Crippen LogP contribution in [0.5, 0.6) is 0 Å². The van der Waals surface area contributed by atoms with E-state index in [1.165, 1.54) is 0 Å². The summed E-state index contributed by atoms with van der Waals surface area (Å²) in [5, 5.41) is 15.2. The zero-order chi connectivity index (χ0) is 8.57. The van der Waals surface area contributed by atoms with Gasteiger partial charge in [-0.3, -0.25) is 9.59 Å². The van der Waals surface area contributed by atoms with Gasteiger partial charge < -0.3 is 16.4 Å². The SMILES string of the molecule is N.O=C(O)CCl.O=C(O)CCl. The molecule has 11 heavy (non-hydrogen) atoms. The van der Waals surface area contributed by atoms with Crippen LogP contribution in [0.15, 0.2) is 0 Å². The fourth-order valence-corrected chi connectivity index (χ4v) is 0. The van der Waals surface area contributed by atoms with E-state index in [0.717, 1.165) is 0 Å². The van der Waals surface area contributed by atoms with Crippen LogP contribution in [0.2, 0.25) is 0 Å². The number of carboxylic acid groups (broad SMARTS) is 2. The van der Waals surface area contributed by atoms with Crippen LogP contribution in [0.1, 0.15) is 0 Å². The third-order valence-corrected chi connectivity index (χ3v) is 0.686. The number of hydrogen-bond acceptors (Lipinski definition) is 3. The molecule has 0 bridgehead atoms. The van der Waals surface area contributed by atoms with Crippen molar-refractivity contribution in [1.82, 2.24) is 6.15 Å². The van der Waals surface area contributed by atoms with Crippen molar-refractivity contribution in [3.63, 3.8) is 0 Å². The summed E-state index contributed by atoms with van der Waals surface area (Å²) < 4.78 is 0. The topological polar surface area (TPSA) is 110 Å². The molecule has 0 heterocycles. The van der Waals surface area contributed by atoms with Crippen LogP contribution in [0, 0.1) is 0 Å². The van der Waals surface area contributed by atoms with Crippen LogP contribution in [0.4, 0.5) is 0 Å². The Balaban J connectivity index is -0.000000107. The highest BCUT2D eigenvalue weighted by molar-refractivity contribution is 6.26. The summed E-state index contributed by atoms with van der Waals surface area (Å²) in [6.45, 7) is 0. The van der Waals surface area contributed by atoms with Crippen LogP contribution < -0.4 is 6.15 Å². The van der Waals surface area contributed by atoms with E-state index in [-0.39, 0.29) is 17.9 Å². The fraction of sp³-hybridized carbons (Fsp3) is 0.500. The van der Waals surface area contributed by atoms with Gasteiger partial charge in [-0.25, -0.2) is 0 Å². The lowest BCUT2D eigenvalue weighted by Crippen LogP contribution is -1.92. The maximum Gasteiger partial charge on any atom is 0.318 e.